The molecular weight excluding hydrogens is 170 g/mol. The van der Waals surface area contributed by atoms with E-state index < -0.39 is 23.7 Å². The van der Waals surface area contributed by atoms with Gasteiger partial charge in [0.25, 0.3) is 6.43 Å². The lowest BCUT2D eigenvalue weighted by Gasteiger charge is -2.00. The molecule has 0 atom stereocenters. The number of carboxylic acid groups (broad SMARTS) is 1. The minimum absolute atomic E-state index is 0.451. The second kappa shape index (κ2) is 2.88. The van der Waals surface area contributed by atoms with Gasteiger partial charge < -0.3 is 5.11 Å². The molecule has 1 rings (SSSR count). The molecule has 0 bridgehead atoms. The highest BCUT2D eigenvalue weighted by atomic mass is 19.3. The van der Waals surface area contributed by atoms with Crippen LogP contribution in [0.25, 0.3) is 0 Å². The van der Waals surface area contributed by atoms with E-state index in [4.69, 9.17) is 5.11 Å². The maximum atomic E-state index is 12.2. The van der Waals surface area contributed by atoms with E-state index in [1.165, 1.54) is 7.05 Å². The van der Waals surface area contributed by atoms with Gasteiger partial charge in [-0.15, -0.1) is 0 Å². The van der Waals surface area contributed by atoms with Crippen LogP contribution in [0.4, 0.5) is 8.78 Å². The normalized spacial score (nSPS) is 10.7. The van der Waals surface area contributed by atoms with Gasteiger partial charge >= 0.3 is 5.97 Å². The number of rotatable bonds is 2. The molecule has 1 N–H and O–H groups in total. The molecule has 0 radical (unpaired) electrons. The lowest BCUT2D eigenvalue weighted by Crippen LogP contribution is -2.04. The summed E-state index contributed by atoms with van der Waals surface area (Å²) in [4.78, 5) is 10.4. The fourth-order valence-corrected chi connectivity index (χ4v) is 0.871. The van der Waals surface area contributed by atoms with Crippen LogP contribution in [-0.2, 0) is 7.05 Å². The Kier molecular flexibility index (Phi) is 2.07. The molecule has 0 spiro atoms. The third-order valence-electron chi connectivity index (χ3n) is 1.42. The summed E-state index contributed by atoms with van der Waals surface area (Å²) in [5.74, 6) is -1.39. The number of aromatic nitrogens is 2. The molecule has 0 aliphatic heterocycles. The maximum absolute atomic E-state index is 12.2. The van der Waals surface area contributed by atoms with Crippen molar-refractivity contribution in [2.75, 3.05) is 0 Å². The van der Waals surface area contributed by atoms with Crippen LogP contribution in [0.3, 0.4) is 0 Å². The van der Waals surface area contributed by atoms with Gasteiger partial charge in [-0.2, -0.15) is 5.10 Å². The van der Waals surface area contributed by atoms with Crippen molar-refractivity contribution in [1.82, 2.24) is 9.78 Å². The molecule has 66 valence electrons. The number of halogens is 2. The van der Waals surface area contributed by atoms with E-state index in [9.17, 15) is 13.6 Å². The monoisotopic (exact) mass is 176 g/mol. The molecule has 0 amide bonds. The Balaban J connectivity index is 3.21. The number of aryl methyl sites for hydroxylation is 1. The molecule has 0 fully saturated rings. The summed E-state index contributed by atoms with van der Waals surface area (Å²) in [6.45, 7) is 0. The van der Waals surface area contributed by atoms with E-state index >= 15 is 0 Å². The molecule has 0 aromatic carbocycles. The van der Waals surface area contributed by atoms with Gasteiger partial charge in [0.05, 0.1) is 6.20 Å². The van der Waals surface area contributed by atoms with Crippen LogP contribution < -0.4 is 0 Å². The van der Waals surface area contributed by atoms with Crippen molar-refractivity contribution in [1.29, 1.82) is 0 Å². The fraction of sp³-hybridized carbons (Fsp3) is 0.333. The average Bonchev–Trinajstić information content (AvgIpc) is 2.30. The van der Waals surface area contributed by atoms with E-state index in [0.29, 0.717) is 0 Å². The topological polar surface area (TPSA) is 55.1 Å². The Morgan fingerprint density at radius 2 is 2.33 bits per heavy atom. The van der Waals surface area contributed by atoms with Crippen LogP contribution in [0.15, 0.2) is 6.20 Å². The van der Waals surface area contributed by atoms with E-state index in [2.05, 4.69) is 5.10 Å². The summed E-state index contributed by atoms with van der Waals surface area (Å²) in [6, 6.07) is 0. The first kappa shape index (κ1) is 8.63. The van der Waals surface area contributed by atoms with E-state index in [-0.39, 0.29) is 0 Å². The summed E-state index contributed by atoms with van der Waals surface area (Å²) in [7, 11) is 1.27. The van der Waals surface area contributed by atoms with Crippen molar-refractivity contribution in [3.8, 4) is 0 Å². The van der Waals surface area contributed by atoms with Crippen LogP contribution in [-0.4, -0.2) is 20.9 Å². The molecule has 0 unspecified atom stereocenters. The third kappa shape index (κ3) is 1.27. The summed E-state index contributed by atoms with van der Waals surface area (Å²) in [6.07, 6.45) is -1.91. The van der Waals surface area contributed by atoms with Crippen molar-refractivity contribution in [2.24, 2.45) is 7.05 Å². The molecule has 0 saturated heterocycles. The van der Waals surface area contributed by atoms with Crippen molar-refractivity contribution in [3.63, 3.8) is 0 Å². The van der Waals surface area contributed by atoms with Crippen LogP contribution >= 0.6 is 0 Å². The number of nitrogens with zero attached hydrogens (tertiary/aromatic N) is 2. The highest BCUT2D eigenvalue weighted by Gasteiger charge is 2.22. The first-order valence-electron chi connectivity index (χ1n) is 3.07. The fourth-order valence-electron chi connectivity index (χ4n) is 0.871. The van der Waals surface area contributed by atoms with E-state index in [0.717, 1.165) is 10.9 Å². The number of carboxylic acids is 1. The highest BCUT2D eigenvalue weighted by molar-refractivity contribution is 5.88. The molecule has 0 aliphatic carbocycles. The van der Waals surface area contributed by atoms with Gasteiger partial charge in [0, 0.05) is 7.05 Å². The summed E-state index contributed by atoms with van der Waals surface area (Å²) in [5, 5.41) is 11.9. The molecule has 1 aromatic heterocycles. The summed E-state index contributed by atoms with van der Waals surface area (Å²) < 4.78 is 25.2. The van der Waals surface area contributed by atoms with Crippen molar-refractivity contribution in [3.05, 3.63) is 17.5 Å². The van der Waals surface area contributed by atoms with Gasteiger partial charge in [-0.25, -0.2) is 13.6 Å². The number of carbonyl (C=O) groups is 1. The molecule has 4 nitrogen and oxygen atoms in total. The van der Waals surface area contributed by atoms with Crippen LogP contribution in [0.1, 0.15) is 22.5 Å². The number of hydrogen-bond acceptors (Lipinski definition) is 2. The van der Waals surface area contributed by atoms with Crippen molar-refractivity contribution in [2.45, 2.75) is 6.43 Å². The number of aromatic carboxylic acids is 1. The van der Waals surface area contributed by atoms with Crippen LogP contribution in [0, 0.1) is 0 Å². The van der Waals surface area contributed by atoms with Crippen molar-refractivity contribution < 1.29 is 18.7 Å². The second-order valence-corrected chi connectivity index (χ2v) is 2.17. The smallest absolute Gasteiger partial charge is 0.339 e. The molecule has 1 aromatic rings. The van der Waals surface area contributed by atoms with Gasteiger partial charge in [-0.1, -0.05) is 0 Å². The summed E-state index contributed by atoms with van der Waals surface area (Å²) >= 11 is 0. The van der Waals surface area contributed by atoms with Gasteiger partial charge in [0.2, 0.25) is 0 Å². The van der Waals surface area contributed by atoms with Crippen molar-refractivity contribution >= 4 is 5.97 Å². The standard InChI is InChI=1S/C6H6F2N2O2/c1-10-4(5(7)8)3(2-9-10)6(11)12/h2,5H,1H3,(H,11,12). The third-order valence-corrected chi connectivity index (χ3v) is 1.42. The van der Waals surface area contributed by atoms with Gasteiger partial charge in [-0.3, -0.25) is 4.68 Å². The molecule has 1 heterocycles. The largest absolute Gasteiger partial charge is 0.478 e. The Morgan fingerprint density at radius 3 is 2.67 bits per heavy atom. The SMILES string of the molecule is Cn1ncc(C(=O)O)c1C(F)F. The van der Waals surface area contributed by atoms with Crippen LogP contribution in [0.2, 0.25) is 0 Å². The minimum atomic E-state index is -2.82. The van der Waals surface area contributed by atoms with Gasteiger partial charge in [0.15, 0.2) is 0 Å². The molecule has 12 heavy (non-hydrogen) atoms. The van der Waals surface area contributed by atoms with Crippen LogP contribution in [0.5, 0.6) is 0 Å². The summed E-state index contributed by atoms with van der Waals surface area (Å²) in [5.41, 5.74) is -1.02. The Hall–Kier alpha value is -1.46. The van der Waals surface area contributed by atoms with Gasteiger partial charge in [0.1, 0.15) is 11.3 Å². The zero-order chi connectivity index (χ0) is 9.30. The predicted molar refractivity (Wildman–Crippen MR) is 35.1 cm³/mol. The Bertz CT molecular complexity index is 308. The Morgan fingerprint density at radius 1 is 1.75 bits per heavy atom. The molecule has 6 heteroatoms. The van der Waals surface area contributed by atoms with E-state index in [1.807, 2.05) is 0 Å². The first-order chi connectivity index (χ1) is 5.54. The number of alkyl halides is 2. The molecular formula is C6H6F2N2O2. The predicted octanol–water partition coefficient (Wildman–Crippen LogP) is 1.06. The quantitative estimate of drug-likeness (QED) is 0.732. The first-order valence-corrected chi connectivity index (χ1v) is 3.07. The average molecular weight is 176 g/mol. The minimum Gasteiger partial charge on any atom is -0.478 e. The maximum Gasteiger partial charge on any atom is 0.339 e. The molecule has 0 aliphatic rings. The van der Waals surface area contributed by atoms with Gasteiger partial charge in [-0.05, 0) is 0 Å². The zero-order valence-electron chi connectivity index (χ0n) is 6.16. The Labute approximate surface area is 66.4 Å². The lowest BCUT2D eigenvalue weighted by atomic mass is 10.2. The highest BCUT2D eigenvalue weighted by Crippen LogP contribution is 2.21. The zero-order valence-corrected chi connectivity index (χ0v) is 6.16. The second-order valence-electron chi connectivity index (χ2n) is 2.17. The van der Waals surface area contributed by atoms with E-state index in [1.54, 1.807) is 0 Å². The lowest BCUT2D eigenvalue weighted by molar-refractivity contribution is 0.0682. The molecule has 0 saturated carbocycles. The number of hydrogen-bond donors (Lipinski definition) is 1.